The molecule has 6 nitrogen and oxygen atoms in total. The minimum atomic E-state index is -0.296. The molecule has 1 N–H and O–H groups in total. The number of carbonyl (C=O) groups excluding carboxylic acids is 2. The van der Waals surface area contributed by atoms with Gasteiger partial charge in [0, 0.05) is 32.6 Å². The van der Waals surface area contributed by atoms with Gasteiger partial charge in [-0.1, -0.05) is 30.3 Å². The molecule has 1 unspecified atom stereocenters. The van der Waals surface area contributed by atoms with Crippen molar-refractivity contribution in [1.82, 2.24) is 15.1 Å². The number of benzene rings is 1. The van der Waals surface area contributed by atoms with E-state index in [4.69, 9.17) is 4.42 Å². The van der Waals surface area contributed by atoms with Crippen LogP contribution in [0.25, 0.3) is 0 Å². The van der Waals surface area contributed by atoms with Gasteiger partial charge in [0.05, 0.1) is 12.3 Å². The van der Waals surface area contributed by atoms with Crippen molar-refractivity contribution in [2.24, 2.45) is 0 Å². The van der Waals surface area contributed by atoms with Gasteiger partial charge in [0.1, 0.15) is 0 Å². The summed E-state index contributed by atoms with van der Waals surface area (Å²) >= 11 is 0. The predicted octanol–water partition coefficient (Wildman–Crippen LogP) is 1.91. The van der Waals surface area contributed by atoms with Crippen LogP contribution in [0.3, 0.4) is 0 Å². The number of carbonyl (C=O) groups is 2. The predicted molar refractivity (Wildman–Crippen MR) is 94.1 cm³/mol. The van der Waals surface area contributed by atoms with Crippen LogP contribution in [0.2, 0.25) is 0 Å². The molecule has 2 heterocycles. The van der Waals surface area contributed by atoms with Crippen LogP contribution >= 0.6 is 0 Å². The molecule has 1 aromatic heterocycles. The smallest absolute Gasteiger partial charge is 0.286 e. The Bertz CT molecular complexity index is 700. The first-order chi connectivity index (χ1) is 12.1. The summed E-state index contributed by atoms with van der Waals surface area (Å²) in [5, 5.41) is 2.73. The number of piperazine rings is 1. The summed E-state index contributed by atoms with van der Waals surface area (Å²) < 4.78 is 5.04. The Labute approximate surface area is 147 Å². The minimum absolute atomic E-state index is 0.0493. The Morgan fingerprint density at radius 1 is 1.16 bits per heavy atom. The van der Waals surface area contributed by atoms with Crippen molar-refractivity contribution in [3.63, 3.8) is 0 Å². The van der Waals surface area contributed by atoms with Gasteiger partial charge in [-0.05, 0) is 24.7 Å². The van der Waals surface area contributed by atoms with Crippen LogP contribution in [0.4, 0.5) is 0 Å². The number of nitrogens with zero attached hydrogens (tertiary/aromatic N) is 2. The summed E-state index contributed by atoms with van der Waals surface area (Å²) in [5.74, 6) is 0.0201. The van der Waals surface area contributed by atoms with Crippen LogP contribution < -0.4 is 5.32 Å². The molecule has 1 fully saturated rings. The van der Waals surface area contributed by atoms with E-state index in [1.54, 1.807) is 12.1 Å². The third-order valence-electron chi connectivity index (χ3n) is 4.46. The molecule has 132 valence electrons. The number of nitrogens with one attached hydrogen (secondary N) is 1. The summed E-state index contributed by atoms with van der Waals surface area (Å²) in [7, 11) is 2.07. The van der Waals surface area contributed by atoms with Gasteiger partial charge in [-0.15, -0.1) is 0 Å². The zero-order valence-corrected chi connectivity index (χ0v) is 14.4. The van der Waals surface area contributed by atoms with Gasteiger partial charge in [0.15, 0.2) is 5.76 Å². The van der Waals surface area contributed by atoms with Crippen molar-refractivity contribution in [3.05, 3.63) is 60.1 Å². The summed E-state index contributed by atoms with van der Waals surface area (Å²) in [6, 6.07) is 13.4. The molecule has 0 bridgehead atoms. The molecule has 2 amide bonds. The molecule has 2 aromatic rings. The molecule has 0 spiro atoms. The highest BCUT2D eigenvalue weighted by atomic mass is 16.3. The molecule has 1 aliphatic rings. The molecular formula is C19H23N3O3. The molecule has 3 rings (SSSR count). The van der Waals surface area contributed by atoms with Crippen molar-refractivity contribution in [1.29, 1.82) is 0 Å². The van der Waals surface area contributed by atoms with Crippen LogP contribution in [-0.4, -0.2) is 54.8 Å². The van der Waals surface area contributed by atoms with Crippen molar-refractivity contribution >= 4 is 11.8 Å². The van der Waals surface area contributed by atoms with Crippen molar-refractivity contribution in [3.8, 4) is 0 Å². The second-order valence-corrected chi connectivity index (χ2v) is 6.26. The van der Waals surface area contributed by atoms with Gasteiger partial charge in [0.2, 0.25) is 5.91 Å². The maximum atomic E-state index is 12.7. The Kier molecular flexibility index (Phi) is 5.50. The van der Waals surface area contributed by atoms with Gasteiger partial charge in [-0.25, -0.2) is 0 Å². The minimum Gasteiger partial charge on any atom is -0.459 e. The van der Waals surface area contributed by atoms with E-state index in [0.717, 1.165) is 18.7 Å². The van der Waals surface area contributed by atoms with Gasteiger partial charge in [-0.3, -0.25) is 9.59 Å². The molecule has 1 saturated heterocycles. The fraction of sp³-hybridized carbons (Fsp3) is 0.368. The number of furan rings is 1. The Morgan fingerprint density at radius 2 is 1.96 bits per heavy atom. The number of hydrogen-bond donors (Lipinski definition) is 1. The summed E-state index contributed by atoms with van der Waals surface area (Å²) in [4.78, 5) is 28.7. The van der Waals surface area contributed by atoms with Gasteiger partial charge >= 0.3 is 0 Å². The lowest BCUT2D eigenvalue weighted by molar-refractivity contribution is -0.136. The second kappa shape index (κ2) is 7.98. The van der Waals surface area contributed by atoms with E-state index < -0.39 is 0 Å². The van der Waals surface area contributed by atoms with E-state index in [0.29, 0.717) is 13.1 Å². The lowest BCUT2D eigenvalue weighted by atomic mass is 10.0. The Balaban J connectivity index is 1.58. The highest BCUT2D eigenvalue weighted by molar-refractivity contribution is 5.91. The number of amides is 2. The number of likely N-dealkylation sites (N-methyl/N-ethyl adjacent to an activating group) is 1. The van der Waals surface area contributed by atoms with E-state index in [-0.39, 0.29) is 30.0 Å². The largest absolute Gasteiger partial charge is 0.459 e. The van der Waals surface area contributed by atoms with E-state index in [1.165, 1.54) is 6.26 Å². The maximum Gasteiger partial charge on any atom is 0.286 e. The molecule has 0 saturated carbocycles. The number of hydrogen-bond acceptors (Lipinski definition) is 4. The van der Waals surface area contributed by atoms with Crippen molar-refractivity contribution in [2.75, 3.05) is 33.2 Å². The molecule has 1 aliphatic heterocycles. The first-order valence-corrected chi connectivity index (χ1v) is 8.50. The number of rotatable bonds is 5. The Morgan fingerprint density at radius 3 is 2.68 bits per heavy atom. The monoisotopic (exact) mass is 341 g/mol. The third kappa shape index (κ3) is 4.28. The average Bonchev–Trinajstić information content (AvgIpc) is 3.17. The highest BCUT2D eigenvalue weighted by Crippen LogP contribution is 2.25. The lowest BCUT2D eigenvalue weighted by Crippen LogP contribution is -2.49. The van der Waals surface area contributed by atoms with Crippen LogP contribution in [0.1, 0.15) is 28.6 Å². The topological polar surface area (TPSA) is 65.8 Å². The fourth-order valence-electron chi connectivity index (χ4n) is 3.10. The summed E-state index contributed by atoms with van der Waals surface area (Å²) in [6.07, 6.45) is 1.73. The van der Waals surface area contributed by atoms with E-state index in [1.807, 2.05) is 23.1 Å². The molecule has 25 heavy (non-hydrogen) atoms. The quantitative estimate of drug-likeness (QED) is 0.902. The van der Waals surface area contributed by atoms with Crippen LogP contribution in [0.5, 0.6) is 0 Å². The lowest BCUT2D eigenvalue weighted by Gasteiger charge is -2.40. The van der Waals surface area contributed by atoms with E-state index in [2.05, 4.69) is 29.4 Å². The zero-order valence-electron chi connectivity index (χ0n) is 14.4. The van der Waals surface area contributed by atoms with Crippen molar-refractivity contribution < 1.29 is 14.0 Å². The van der Waals surface area contributed by atoms with Crippen LogP contribution in [-0.2, 0) is 4.79 Å². The first-order valence-electron chi connectivity index (χ1n) is 8.50. The zero-order chi connectivity index (χ0) is 17.6. The molecule has 0 radical (unpaired) electrons. The van der Waals surface area contributed by atoms with Crippen LogP contribution in [0.15, 0.2) is 53.1 Å². The SMILES string of the molecule is CN1CCN(C(=O)CCNC(=O)c2ccco2)C(c2ccccc2)C1. The second-order valence-electron chi connectivity index (χ2n) is 6.26. The van der Waals surface area contributed by atoms with Gasteiger partial charge in [-0.2, -0.15) is 0 Å². The first kappa shape index (κ1) is 17.2. The average molecular weight is 341 g/mol. The standard InChI is InChI=1S/C19H23N3O3/c1-21-11-12-22(16(14-21)15-6-3-2-4-7-15)18(23)9-10-20-19(24)17-8-5-13-25-17/h2-8,13,16H,9-12,14H2,1H3,(H,20,24). The molecule has 6 heteroatoms. The third-order valence-corrected chi connectivity index (χ3v) is 4.46. The maximum absolute atomic E-state index is 12.7. The molecule has 0 aliphatic carbocycles. The molecular weight excluding hydrogens is 318 g/mol. The Hall–Kier alpha value is -2.60. The fourth-order valence-corrected chi connectivity index (χ4v) is 3.10. The van der Waals surface area contributed by atoms with E-state index in [9.17, 15) is 9.59 Å². The molecule has 1 atom stereocenters. The highest BCUT2D eigenvalue weighted by Gasteiger charge is 2.29. The molecule has 1 aromatic carbocycles. The summed E-state index contributed by atoms with van der Waals surface area (Å²) in [5.41, 5.74) is 1.14. The van der Waals surface area contributed by atoms with Gasteiger partial charge < -0.3 is 19.5 Å². The van der Waals surface area contributed by atoms with Crippen molar-refractivity contribution in [2.45, 2.75) is 12.5 Å². The van der Waals surface area contributed by atoms with Crippen LogP contribution in [0, 0.1) is 0 Å². The van der Waals surface area contributed by atoms with Gasteiger partial charge in [0.25, 0.3) is 5.91 Å². The summed E-state index contributed by atoms with van der Waals surface area (Å²) in [6.45, 7) is 2.66. The normalized spacial score (nSPS) is 18.1. The van der Waals surface area contributed by atoms with E-state index >= 15 is 0 Å².